The molecule has 4 nitrogen and oxygen atoms in total. The molecule has 1 unspecified atom stereocenters. The van der Waals surface area contributed by atoms with Gasteiger partial charge >= 0.3 is 0 Å². The highest BCUT2D eigenvalue weighted by Gasteiger charge is 2.10. The van der Waals surface area contributed by atoms with Crippen LogP contribution in [0.5, 0.6) is 0 Å². The molecule has 2 aromatic carbocycles. The van der Waals surface area contributed by atoms with Crippen LogP contribution in [0.1, 0.15) is 41.7 Å². The number of hydrogen-bond acceptors (Lipinski definition) is 3. The van der Waals surface area contributed by atoms with E-state index in [0.29, 0.717) is 24.9 Å². The van der Waals surface area contributed by atoms with E-state index in [1.165, 1.54) is 16.9 Å². The van der Waals surface area contributed by atoms with Crippen molar-refractivity contribution in [3.63, 3.8) is 0 Å². The number of hydrogen-bond donors (Lipinski definition) is 2. The van der Waals surface area contributed by atoms with Crippen LogP contribution in [0.3, 0.4) is 0 Å². The van der Waals surface area contributed by atoms with Crippen LogP contribution in [0.15, 0.2) is 71.4 Å². The molecule has 0 saturated carbocycles. The first-order valence-corrected chi connectivity index (χ1v) is 10.3. The van der Waals surface area contributed by atoms with Crippen LogP contribution < -0.4 is 10.6 Å². The lowest BCUT2D eigenvalue weighted by Gasteiger charge is -2.15. The fraction of sp³-hybridized carbons (Fsp3) is 0.217. The van der Waals surface area contributed by atoms with Crippen LogP contribution in [0.25, 0.3) is 11.1 Å². The average molecular weight is 393 g/mol. The molecule has 0 aliphatic rings. The summed E-state index contributed by atoms with van der Waals surface area (Å²) >= 11 is 1.49. The predicted octanol–water partition coefficient (Wildman–Crippen LogP) is 4.80. The Morgan fingerprint density at radius 1 is 0.964 bits per heavy atom. The van der Waals surface area contributed by atoms with Crippen LogP contribution in [0, 0.1) is 0 Å². The Labute approximate surface area is 169 Å². The molecule has 0 radical (unpaired) electrons. The molecule has 0 spiro atoms. The summed E-state index contributed by atoms with van der Waals surface area (Å²) in [7, 11) is 0. The smallest absolute Gasteiger partial charge is 0.252 e. The zero-order chi connectivity index (χ0) is 19.8. The van der Waals surface area contributed by atoms with Crippen molar-refractivity contribution < 1.29 is 9.59 Å². The lowest BCUT2D eigenvalue weighted by atomic mass is 10.0. The van der Waals surface area contributed by atoms with E-state index in [9.17, 15) is 9.59 Å². The van der Waals surface area contributed by atoms with Crippen molar-refractivity contribution in [2.45, 2.75) is 25.8 Å². The molecule has 28 heavy (non-hydrogen) atoms. The van der Waals surface area contributed by atoms with Crippen molar-refractivity contribution in [1.82, 2.24) is 10.6 Å². The normalized spacial score (nSPS) is 11.6. The maximum Gasteiger partial charge on any atom is 0.252 e. The van der Waals surface area contributed by atoms with E-state index >= 15 is 0 Å². The van der Waals surface area contributed by atoms with Gasteiger partial charge in [0.2, 0.25) is 5.91 Å². The highest BCUT2D eigenvalue weighted by Crippen LogP contribution is 2.21. The molecule has 0 bridgehead atoms. The Morgan fingerprint density at radius 3 is 2.36 bits per heavy atom. The molecule has 0 aliphatic heterocycles. The van der Waals surface area contributed by atoms with Gasteiger partial charge in [0.05, 0.1) is 6.04 Å². The molecule has 0 aliphatic carbocycles. The molecule has 0 saturated heterocycles. The monoisotopic (exact) mass is 392 g/mol. The predicted molar refractivity (Wildman–Crippen MR) is 114 cm³/mol. The number of benzene rings is 2. The third-order valence-electron chi connectivity index (χ3n) is 4.54. The lowest BCUT2D eigenvalue weighted by molar-refractivity contribution is -0.121. The maximum atomic E-state index is 12.2. The van der Waals surface area contributed by atoms with E-state index in [2.05, 4.69) is 34.9 Å². The van der Waals surface area contributed by atoms with Crippen LogP contribution in [-0.4, -0.2) is 18.4 Å². The number of carbonyl (C=O) groups excluding carboxylic acids is 2. The fourth-order valence-electron chi connectivity index (χ4n) is 2.94. The molecular formula is C23H24N2O2S. The van der Waals surface area contributed by atoms with E-state index in [1.807, 2.05) is 48.0 Å². The minimum absolute atomic E-state index is 0.00980. The van der Waals surface area contributed by atoms with Gasteiger partial charge in [-0.25, -0.2) is 0 Å². The molecule has 2 N–H and O–H groups in total. The summed E-state index contributed by atoms with van der Waals surface area (Å²) < 4.78 is 0. The number of rotatable bonds is 8. The van der Waals surface area contributed by atoms with Gasteiger partial charge in [-0.05, 0) is 41.5 Å². The van der Waals surface area contributed by atoms with E-state index in [4.69, 9.17) is 0 Å². The van der Waals surface area contributed by atoms with Gasteiger partial charge in [-0.15, -0.1) is 0 Å². The van der Waals surface area contributed by atoms with Crippen molar-refractivity contribution in [3.8, 4) is 11.1 Å². The molecular weight excluding hydrogens is 368 g/mol. The quantitative estimate of drug-likeness (QED) is 0.541. The Hall–Kier alpha value is -2.92. The van der Waals surface area contributed by atoms with Crippen LogP contribution in [0.2, 0.25) is 0 Å². The number of carbonyl (C=O) groups is 2. The first-order chi connectivity index (χ1) is 13.6. The van der Waals surface area contributed by atoms with Crippen molar-refractivity contribution in [3.05, 3.63) is 82.6 Å². The summed E-state index contributed by atoms with van der Waals surface area (Å²) in [6, 6.07) is 20.2. The summed E-state index contributed by atoms with van der Waals surface area (Å²) in [6.45, 7) is 2.47. The van der Waals surface area contributed by atoms with Gasteiger partial charge in [0, 0.05) is 23.9 Å². The summed E-state index contributed by atoms with van der Waals surface area (Å²) in [5, 5.41) is 9.54. The highest BCUT2D eigenvalue weighted by atomic mass is 32.1. The fourth-order valence-corrected chi connectivity index (χ4v) is 3.57. The van der Waals surface area contributed by atoms with E-state index in [1.54, 1.807) is 6.07 Å². The minimum atomic E-state index is -0.0893. The molecule has 2 amide bonds. The van der Waals surface area contributed by atoms with E-state index < -0.39 is 0 Å². The first-order valence-electron chi connectivity index (χ1n) is 9.38. The summed E-state index contributed by atoms with van der Waals surface area (Å²) in [5.41, 5.74) is 4.07. The lowest BCUT2D eigenvalue weighted by Crippen LogP contribution is -2.28. The largest absolute Gasteiger partial charge is 0.352 e. The summed E-state index contributed by atoms with van der Waals surface area (Å²) in [4.78, 5) is 24.0. The van der Waals surface area contributed by atoms with Crippen molar-refractivity contribution in [2.24, 2.45) is 0 Å². The molecule has 1 aromatic heterocycles. The number of nitrogens with one attached hydrogen (secondary N) is 2. The molecule has 3 rings (SSSR count). The Balaban J connectivity index is 1.42. The number of thiophene rings is 1. The zero-order valence-electron chi connectivity index (χ0n) is 15.9. The first kappa shape index (κ1) is 19.8. The van der Waals surface area contributed by atoms with Crippen molar-refractivity contribution >= 4 is 23.2 Å². The summed E-state index contributed by atoms with van der Waals surface area (Å²) in [5.74, 6) is -0.0991. The Bertz CT molecular complexity index is 890. The molecule has 1 atom stereocenters. The van der Waals surface area contributed by atoms with E-state index in [0.717, 1.165) is 11.1 Å². The second kappa shape index (κ2) is 9.85. The number of amides is 2. The van der Waals surface area contributed by atoms with Gasteiger partial charge in [-0.3, -0.25) is 9.59 Å². The van der Waals surface area contributed by atoms with Gasteiger partial charge in [-0.2, -0.15) is 11.3 Å². The minimum Gasteiger partial charge on any atom is -0.352 e. The third kappa shape index (κ3) is 5.54. The van der Waals surface area contributed by atoms with Gasteiger partial charge in [0.15, 0.2) is 0 Å². The molecule has 3 aromatic rings. The van der Waals surface area contributed by atoms with Crippen molar-refractivity contribution in [1.29, 1.82) is 0 Å². The van der Waals surface area contributed by atoms with Gasteiger partial charge in [0.1, 0.15) is 0 Å². The standard InChI is InChI=1S/C23H24N2O2S/c1-17(18-9-11-20(12-10-18)19-6-3-2-4-7-19)25-22(26)8-5-14-24-23(27)21-13-15-28-16-21/h2-4,6-7,9-13,15-17H,5,8,14H2,1H3,(H,24,27)(H,25,26). The van der Waals surface area contributed by atoms with Crippen LogP contribution in [-0.2, 0) is 4.79 Å². The maximum absolute atomic E-state index is 12.2. The van der Waals surface area contributed by atoms with Crippen LogP contribution >= 0.6 is 11.3 Å². The topological polar surface area (TPSA) is 58.2 Å². The van der Waals surface area contributed by atoms with E-state index in [-0.39, 0.29) is 17.9 Å². The second-order valence-electron chi connectivity index (χ2n) is 6.65. The summed E-state index contributed by atoms with van der Waals surface area (Å²) in [6.07, 6.45) is 0.998. The SMILES string of the molecule is CC(NC(=O)CCCNC(=O)c1ccsc1)c1ccc(-c2ccccc2)cc1. The zero-order valence-corrected chi connectivity index (χ0v) is 16.7. The highest BCUT2D eigenvalue weighted by molar-refractivity contribution is 7.08. The molecule has 5 heteroatoms. The Morgan fingerprint density at radius 2 is 1.68 bits per heavy atom. The Kier molecular flexibility index (Phi) is 6.98. The van der Waals surface area contributed by atoms with Gasteiger partial charge < -0.3 is 10.6 Å². The molecule has 1 heterocycles. The van der Waals surface area contributed by atoms with Gasteiger partial charge in [0.25, 0.3) is 5.91 Å². The van der Waals surface area contributed by atoms with Gasteiger partial charge in [-0.1, -0.05) is 54.6 Å². The van der Waals surface area contributed by atoms with Crippen molar-refractivity contribution in [2.75, 3.05) is 6.54 Å². The molecule has 0 fully saturated rings. The molecule has 144 valence electrons. The van der Waals surface area contributed by atoms with Crippen LogP contribution in [0.4, 0.5) is 0 Å². The average Bonchev–Trinajstić information content (AvgIpc) is 3.27. The third-order valence-corrected chi connectivity index (χ3v) is 5.23. The second-order valence-corrected chi connectivity index (χ2v) is 7.43.